The molecule has 1 atom stereocenters. The second-order valence-electron chi connectivity index (χ2n) is 8.42. The molecule has 2 aromatic rings. The van der Waals surface area contributed by atoms with E-state index < -0.39 is 30.5 Å². The highest BCUT2D eigenvalue weighted by molar-refractivity contribution is 5.73. The highest BCUT2D eigenvalue weighted by atomic mass is 19.3. The average Bonchev–Trinajstić information content (AvgIpc) is 2.87. The quantitative estimate of drug-likeness (QED) is 0.289. The molecule has 38 heavy (non-hydrogen) atoms. The number of benzene rings is 2. The van der Waals surface area contributed by atoms with Crippen molar-refractivity contribution in [2.75, 3.05) is 46.6 Å². The number of methoxy groups -OCH3 is 1. The van der Waals surface area contributed by atoms with Crippen LogP contribution in [0.25, 0.3) is 0 Å². The Labute approximate surface area is 221 Å². The third-order valence-corrected chi connectivity index (χ3v) is 5.33. The Bertz CT molecular complexity index is 997. The third kappa shape index (κ3) is 11.3. The molecule has 0 saturated heterocycles. The summed E-state index contributed by atoms with van der Waals surface area (Å²) in [4.78, 5) is 25.5. The number of carboxylic acid groups (broad SMARTS) is 1. The number of rotatable bonds is 17. The van der Waals surface area contributed by atoms with Gasteiger partial charge in [-0.1, -0.05) is 24.3 Å². The van der Waals surface area contributed by atoms with Gasteiger partial charge in [-0.3, -0.25) is 0 Å². The monoisotopic (exact) mass is 539 g/mol. The van der Waals surface area contributed by atoms with E-state index in [-0.39, 0.29) is 45.1 Å². The van der Waals surface area contributed by atoms with Crippen LogP contribution in [0.15, 0.2) is 48.5 Å². The predicted molar refractivity (Wildman–Crippen MR) is 135 cm³/mol. The molecule has 11 heteroatoms. The molecule has 0 aliphatic heterocycles. The van der Waals surface area contributed by atoms with E-state index in [0.717, 1.165) is 12.5 Å². The van der Waals surface area contributed by atoms with Gasteiger partial charge in [-0.2, -0.15) is 0 Å². The van der Waals surface area contributed by atoms with Crippen LogP contribution in [0.2, 0.25) is 0 Å². The standard InChI is InChI=1S/C27H35F2NO8/c1-4-36-24(25(31)32)19-20-9-11-21(12-10-20)37-18-15-30(14-17-35-16-13-27(2,28)29)26(33)38-23-8-6-5-7-22(23)34-3/h5-12,24H,4,13-19H2,1-3H3,(H,31,32). The van der Waals surface area contributed by atoms with Gasteiger partial charge in [-0.25, -0.2) is 18.4 Å². The maximum Gasteiger partial charge on any atom is 0.415 e. The Morgan fingerprint density at radius 1 is 1.00 bits per heavy atom. The van der Waals surface area contributed by atoms with Crippen LogP contribution in [0, 0.1) is 0 Å². The summed E-state index contributed by atoms with van der Waals surface area (Å²) in [6.07, 6.45) is -1.81. The van der Waals surface area contributed by atoms with Crippen molar-refractivity contribution < 1.29 is 47.2 Å². The second kappa shape index (κ2) is 15.7. The number of para-hydroxylation sites is 2. The number of halogens is 2. The Hall–Kier alpha value is -3.44. The van der Waals surface area contributed by atoms with Crippen LogP contribution in [-0.2, 0) is 20.7 Å². The number of ether oxygens (including phenoxy) is 5. The van der Waals surface area contributed by atoms with Crippen molar-refractivity contribution in [3.05, 3.63) is 54.1 Å². The molecule has 0 bridgehead atoms. The van der Waals surface area contributed by atoms with Crippen LogP contribution in [0.1, 0.15) is 25.8 Å². The first kappa shape index (κ1) is 30.8. The molecular weight excluding hydrogens is 504 g/mol. The minimum absolute atomic E-state index is 0.0381. The van der Waals surface area contributed by atoms with Crippen molar-refractivity contribution >= 4 is 12.1 Å². The van der Waals surface area contributed by atoms with Crippen LogP contribution >= 0.6 is 0 Å². The minimum Gasteiger partial charge on any atom is -0.493 e. The molecule has 0 spiro atoms. The SMILES string of the molecule is CCOC(Cc1ccc(OCCN(CCOCCC(C)(F)F)C(=O)Oc2ccccc2OC)cc1)C(=O)O. The van der Waals surface area contributed by atoms with Gasteiger partial charge in [0.2, 0.25) is 5.92 Å². The highest BCUT2D eigenvalue weighted by Crippen LogP contribution is 2.26. The zero-order chi connectivity index (χ0) is 28.0. The van der Waals surface area contributed by atoms with Crippen molar-refractivity contribution in [1.82, 2.24) is 4.90 Å². The van der Waals surface area contributed by atoms with Gasteiger partial charge in [0.05, 0.1) is 26.9 Å². The van der Waals surface area contributed by atoms with Crippen LogP contribution in [-0.4, -0.2) is 80.7 Å². The highest BCUT2D eigenvalue weighted by Gasteiger charge is 2.22. The first-order valence-electron chi connectivity index (χ1n) is 12.2. The van der Waals surface area contributed by atoms with Gasteiger partial charge in [0.1, 0.15) is 12.4 Å². The summed E-state index contributed by atoms with van der Waals surface area (Å²) in [5, 5.41) is 9.24. The van der Waals surface area contributed by atoms with Gasteiger partial charge >= 0.3 is 12.1 Å². The topological polar surface area (TPSA) is 104 Å². The van der Waals surface area contributed by atoms with Crippen LogP contribution < -0.4 is 14.2 Å². The number of alkyl halides is 2. The van der Waals surface area contributed by atoms with Crippen molar-refractivity contribution in [1.29, 1.82) is 0 Å². The van der Waals surface area contributed by atoms with E-state index >= 15 is 0 Å². The summed E-state index contributed by atoms with van der Waals surface area (Å²) in [7, 11) is 1.46. The smallest absolute Gasteiger partial charge is 0.415 e. The normalized spacial score (nSPS) is 12.0. The van der Waals surface area contributed by atoms with Crippen LogP contribution in [0.5, 0.6) is 17.2 Å². The number of nitrogens with zero attached hydrogens (tertiary/aromatic N) is 1. The van der Waals surface area contributed by atoms with E-state index in [1.54, 1.807) is 55.5 Å². The van der Waals surface area contributed by atoms with Gasteiger partial charge in [0.25, 0.3) is 0 Å². The molecule has 0 aliphatic rings. The molecule has 0 heterocycles. The zero-order valence-corrected chi connectivity index (χ0v) is 21.9. The van der Waals surface area contributed by atoms with E-state index in [1.807, 2.05) is 0 Å². The molecule has 210 valence electrons. The number of carbonyl (C=O) groups excluding carboxylic acids is 1. The molecule has 0 fully saturated rings. The Morgan fingerprint density at radius 2 is 1.66 bits per heavy atom. The molecular formula is C27H35F2NO8. The van der Waals surface area contributed by atoms with Gasteiger partial charge in [-0.15, -0.1) is 0 Å². The lowest BCUT2D eigenvalue weighted by atomic mass is 10.1. The third-order valence-electron chi connectivity index (χ3n) is 5.33. The van der Waals surface area contributed by atoms with Crippen molar-refractivity contribution in [2.45, 2.75) is 38.7 Å². The molecule has 0 radical (unpaired) electrons. The second-order valence-corrected chi connectivity index (χ2v) is 8.42. The number of hydrogen-bond acceptors (Lipinski definition) is 7. The maximum absolute atomic E-state index is 13.0. The lowest BCUT2D eigenvalue weighted by Gasteiger charge is -2.23. The first-order valence-corrected chi connectivity index (χ1v) is 12.2. The summed E-state index contributed by atoms with van der Waals surface area (Å²) in [6, 6.07) is 13.6. The average molecular weight is 540 g/mol. The minimum atomic E-state index is -2.83. The first-order chi connectivity index (χ1) is 18.1. The summed E-state index contributed by atoms with van der Waals surface area (Å²) >= 11 is 0. The van der Waals surface area contributed by atoms with Gasteiger partial charge < -0.3 is 33.7 Å². The Morgan fingerprint density at radius 3 is 2.26 bits per heavy atom. The summed E-state index contributed by atoms with van der Waals surface area (Å²) in [5.74, 6) is -2.72. The van der Waals surface area contributed by atoms with E-state index in [2.05, 4.69) is 0 Å². The molecule has 9 nitrogen and oxygen atoms in total. The fourth-order valence-electron chi connectivity index (χ4n) is 3.31. The van der Waals surface area contributed by atoms with Crippen molar-refractivity contribution in [3.8, 4) is 17.2 Å². The number of carbonyl (C=O) groups is 2. The summed E-state index contributed by atoms with van der Waals surface area (Å²) < 4.78 is 53.0. The van der Waals surface area contributed by atoms with E-state index in [1.165, 1.54) is 12.0 Å². The van der Waals surface area contributed by atoms with E-state index in [0.29, 0.717) is 18.1 Å². The number of amides is 1. The van der Waals surface area contributed by atoms with E-state index in [4.69, 9.17) is 23.7 Å². The molecule has 1 unspecified atom stereocenters. The number of carboxylic acids is 1. The van der Waals surface area contributed by atoms with Crippen molar-refractivity contribution in [2.24, 2.45) is 0 Å². The number of aliphatic carboxylic acids is 1. The van der Waals surface area contributed by atoms with Crippen LogP contribution in [0.3, 0.4) is 0 Å². The van der Waals surface area contributed by atoms with Gasteiger partial charge in [0, 0.05) is 26.0 Å². The molecule has 1 N–H and O–H groups in total. The molecule has 2 rings (SSSR count). The lowest BCUT2D eigenvalue weighted by molar-refractivity contribution is -0.149. The van der Waals surface area contributed by atoms with Crippen molar-refractivity contribution in [3.63, 3.8) is 0 Å². The fourth-order valence-corrected chi connectivity index (χ4v) is 3.31. The summed E-state index contributed by atoms with van der Waals surface area (Å²) in [5.41, 5.74) is 0.773. The fraction of sp³-hybridized carbons (Fsp3) is 0.481. The largest absolute Gasteiger partial charge is 0.493 e. The lowest BCUT2D eigenvalue weighted by Crippen LogP contribution is -2.39. The Kier molecular flexibility index (Phi) is 12.7. The number of hydrogen-bond donors (Lipinski definition) is 1. The Balaban J connectivity index is 1.95. The van der Waals surface area contributed by atoms with E-state index in [9.17, 15) is 23.5 Å². The van der Waals surface area contributed by atoms with Crippen LogP contribution in [0.4, 0.5) is 13.6 Å². The van der Waals surface area contributed by atoms with Gasteiger partial charge in [0.15, 0.2) is 17.6 Å². The molecule has 0 aromatic heterocycles. The molecule has 2 aromatic carbocycles. The molecule has 0 aliphatic carbocycles. The maximum atomic E-state index is 13.0. The predicted octanol–water partition coefficient (Wildman–Crippen LogP) is 4.67. The molecule has 0 saturated carbocycles. The zero-order valence-electron chi connectivity index (χ0n) is 21.9. The van der Waals surface area contributed by atoms with Gasteiger partial charge in [-0.05, 0) is 43.7 Å². The molecule has 1 amide bonds. The summed E-state index contributed by atoms with van der Waals surface area (Å²) in [6.45, 7) is 3.09.